The van der Waals surface area contributed by atoms with Crippen LogP contribution in [-0.2, 0) is 0 Å². The summed E-state index contributed by atoms with van der Waals surface area (Å²) < 4.78 is 1.85. The molecule has 1 unspecified atom stereocenters. The molecule has 0 saturated heterocycles. The zero-order chi connectivity index (χ0) is 12.7. The smallest absolute Gasteiger partial charge is 0.338 e. The lowest BCUT2D eigenvalue weighted by Gasteiger charge is -2.11. The molecule has 0 spiro atoms. The van der Waals surface area contributed by atoms with Gasteiger partial charge in [0.2, 0.25) is 0 Å². The monoisotopic (exact) mass is 245 g/mol. The highest BCUT2D eigenvalue weighted by atomic mass is 16.4. The Morgan fingerprint density at radius 1 is 1.56 bits per heavy atom. The van der Waals surface area contributed by atoms with Gasteiger partial charge in [-0.1, -0.05) is 24.1 Å². The average Bonchev–Trinajstić information content (AvgIpc) is 3.05. The number of rotatable bonds is 4. The lowest BCUT2D eigenvalue weighted by molar-refractivity contribution is 0.0699. The summed E-state index contributed by atoms with van der Waals surface area (Å²) >= 11 is 0. The Balaban J connectivity index is 2.02. The highest BCUT2D eigenvalue weighted by Gasteiger charge is 2.25. The van der Waals surface area contributed by atoms with Gasteiger partial charge in [-0.05, 0) is 31.4 Å². The lowest BCUT2D eigenvalue weighted by atomic mass is 10.1. The van der Waals surface area contributed by atoms with Crippen molar-refractivity contribution in [1.82, 2.24) is 15.0 Å². The van der Waals surface area contributed by atoms with Crippen molar-refractivity contribution in [3.05, 3.63) is 23.8 Å². The third-order valence-corrected chi connectivity index (χ3v) is 3.52. The molecule has 1 saturated carbocycles. The summed E-state index contributed by atoms with van der Waals surface area (Å²) in [5.41, 5.74) is 1.51. The Hall–Kier alpha value is -1.91. The van der Waals surface area contributed by atoms with Gasteiger partial charge in [0, 0.05) is 0 Å². The molecule has 1 atom stereocenters. The summed E-state index contributed by atoms with van der Waals surface area (Å²) in [5.74, 6) is -0.149. The number of hydrogen-bond acceptors (Lipinski definition) is 3. The van der Waals surface area contributed by atoms with Crippen molar-refractivity contribution in [3.63, 3.8) is 0 Å². The number of aromatic carboxylic acids is 1. The van der Waals surface area contributed by atoms with Crippen molar-refractivity contribution in [3.8, 4) is 0 Å². The van der Waals surface area contributed by atoms with Crippen LogP contribution in [0.4, 0.5) is 0 Å². The first-order chi connectivity index (χ1) is 8.66. The molecule has 0 bridgehead atoms. The van der Waals surface area contributed by atoms with Gasteiger partial charge >= 0.3 is 5.97 Å². The van der Waals surface area contributed by atoms with Gasteiger partial charge in [-0.2, -0.15) is 0 Å². The Labute approximate surface area is 104 Å². The fraction of sp³-hybridized carbons (Fsp3) is 0.462. The van der Waals surface area contributed by atoms with Crippen LogP contribution in [0.3, 0.4) is 0 Å². The topological polar surface area (TPSA) is 68.0 Å². The second kappa shape index (κ2) is 4.08. The van der Waals surface area contributed by atoms with E-state index in [1.807, 2.05) is 10.7 Å². The zero-order valence-corrected chi connectivity index (χ0v) is 10.2. The number of benzene rings is 1. The predicted molar refractivity (Wildman–Crippen MR) is 66.5 cm³/mol. The van der Waals surface area contributed by atoms with E-state index < -0.39 is 5.97 Å². The Morgan fingerprint density at radius 3 is 3.00 bits per heavy atom. The van der Waals surface area contributed by atoms with Gasteiger partial charge < -0.3 is 5.11 Å². The van der Waals surface area contributed by atoms with Crippen molar-refractivity contribution in [2.45, 2.75) is 32.2 Å². The van der Waals surface area contributed by atoms with Crippen molar-refractivity contribution < 1.29 is 9.90 Å². The molecule has 1 aliphatic carbocycles. The van der Waals surface area contributed by atoms with Gasteiger partial charge in [0.1, 0.15) is 5.52 Å². The first-order valence-electron chi connectivity index (χ1n) is 6.24. The van der Waals surface area contributed by atoms with Gasteiger partial charge in [0.15, 0.2) is 0 Å². The summed E-state index contributed by atoms with van der Waals surface area (Å²) in [4.78, 5) is 11.1. The average molecular weight is 245 g/mol. The molecular weight excluding hydrogens is 230 g/mol. The van der Waals surface area contributed by atoms with Crippen LogP contribution in [0.15, 0.2) is 18.2 Å². The highest BCUT2D eigenvalue weighted by molar-refractivity contribution is 6.00. The largest absolute Gasteiger partial charge is 0.478 e. The van der Waals surface area contributed by atoms with Crippen LogP contribution in [0.2, 0.25) is 0 Å². The van der Waals surface area contributed by atoms with Gasteiger partial charge in [0.25, 0.3) is 0 Å². The van der Waals surface area contributed by atoms with E-state index in [1.165, 1.54) is 12.8 Å². The number of hydrogen-bond donors (Lipinski definition) is 1. The first kappa shape index (κ1) is 11.2. The van der Waals surface area contributed by atoms with Crippen molar-refractivity contribution in [1.29, 1.82) is 0 Å². The molecule has 1 N–H and O–H groups in total. The van der Waals surface area contributed by atoms with Crippen molar-refractivity contribution >= 4 is 17.0 Å². The molecule has 2 aromatic rings. The van der Waals surface area contributed by atoms with E-state index in [-0.39, 0.29) is 11.6 Å². The number of carboxylic acids is 1. The van der Waals surface area contributed by atoms with E-state index in [2.05, 4.69) is 17.2 Å². The van der Waals surface area contributed by atoms with E-state index in [1.54, 1.807) is 12.1 Å². The third-order valence-electron chi connectivity index (χ3n) is 3.52. The summed E-state index contributed by atoms with van der Waals surface area (Å²) in [6.07, 6.45) is 3.70. The molecule has 0 amide bonds. The Kier molecular flexibility index (Phi) is 2.54. The SMILES string of the molecule is CC(CC1CC1)n1nnc2c(C(=O)O)cccc21. The van der Waals surface area contributed by atoms with Gasteiger partial charge in [-0.15, -0.1) is 5.10 Å². The molecular formula is C13H15N3O2. The van der Waals surface area contributed by atoms with Crippen LogP contribution < -0.4 is 0 Å². The summed E-state index contributed by atoms with van der Waals surface area (Å²) in [6.45, 7) is 2.11. The molecule has 1 fully saturated rings. The molecule has 1 aromatic heterocycles. The minimum absolute atomic E-state index is 0.220. The van der Waals surface area contributed by atoms with Gasteiger partial charge in [0.05, 0.1) is 17.1 Å². The number of carboxylic acid groups (broad SMARTS) is 1. The molecule has 18 heavy (non-hydrogen) atoms. The molecule has 94 valence electrons. The van der Waals surface area contributed by atoms with E-state index in [4.69, 9.17) is 5.11 Å². The van der Waals surface area contributed by atoms with Gasteiger partial charge in [-0.25, -0.2) is 9.48 Å². The maximum atomic E-state index is 11.1. The quantitative estimate of drug-likeness (QED) is 0.898. The van der Waals surface area contributed by atoms with Crippen LogP contribution in [0, 0.1) is 5.92 Å². The summed E-state index contributed by atoms with van der Waals surface area (Å²) in [6, 6.07) is 5.46. The summed E-state index contributed by atoms with van der Waals surface area (Å²) in [7, 11) is 0. The van der Waals surface area contributed by atoms with Gasteiger partial charge in [-0.3, -0.25) is 0 Å². The second-order valence-electron chi connectivity index (χ2n) is 5.04. The van der Waals surface area contributed by atoms with Crippen molar-refractivity contribution in [2.75, 3.05) is 0 Å². The van der Waals surface area contributed by atoms with Crippen LogP contribution in [0.1, 0.15) is 42.6 Å². The molecule has 5 nitrogen and oxygen atoms in total. The molecule has 0 aliphatic heterocycles. The van der Waals surface area contributed by atoms with E-state index in [0.29, 0.717) is 5.52 Å². The minimum Gasteiger partial charge on any atom is -0.478 e. The lowest BCUT2D eigenvalue weighted by Crippen LogP contribution is -2.08. The normalized spacial score (nSPS) is 16.9. The first-order valence-corrected chi connectivity index (χ1v) is 6.24. The maximum absolute atomic E-state index is 11.1. The zero-order valence-electron chi connectivity index (χ0n) is 10.2. The van der Waals surface area contributed by atoms with Crippen LogP contribution >= 0.6 is 0 Å². The second-order valence-corrected chi connectivity index (χ2v) is 5.04. The molecule has 0 radical (unpaired) electrons. The fourth-order valence-electron chi connectivity index (χ4n) is 2.40. The van der Waals surface area contributed by atoms with E-state index in [0.717, 1.165) is 17.9 Å². The predicted octanol–water partition coefficient (Wildman–Crippen LogP) is 2.49. The van der Waals surface area contributed by atoms with Crippen LogP contribution in [0.5, 0.6) is 0 Å². The number of nitrogens with zero attached hydrogens (tertiary/aromatic N) is 3. The Morgan fingerprint density at radius 2 is 2.33 bits per heavy atom. The minimum atomic E-state index is -0.956. The Bertz CT molecular complexity index is 601. The number of fused-ring (bicyclic) bond motifs is 1. The number of carbonyl (C=O) groups is 1. The molecule has 5 heteroatoms. The molecule has 1 aromatic carbocycles. The van der Waals surface area contributed by atoms with Crippen molar-refractivity contribution in [2.24, 2.45) is 5.92 Å². The summed E-state index contributed by atoms with van der Waals surface area (Å²) in [5, 5.41) is 17.3. The van der Waals surface area contributed by atoms with Crippen LogP contribution in [-0.4, -0.2) is 26.1 Å². The highest BCUT2D eigenvalue weighted by Crippen LogP contribution is 2.37. The van der Waals surface area contributed by atoms with Crippen LogP contribution in [0.25, 0.3) is 11.0 Å². The molecule has 3 rings (SSSR count). The number of aromatic nitrogens is 3. The fourth-order valence-corrected chi connectivity index (χ4v) is 2.40. The molecule has 1 aliphatic rings. The maximum Gasteiger partial charge on any atom is 0.338 e. The third kappa shape index (κ3) is 1.85. The van der Waals surface area contributed by atoms with E-state index >= 15 is 0 Å². The molecule has 1 heterocycles. The van der Waals surface area contributed by atoms with E-state index in [9.17, 15) is 4.79 Å². The standard InChI is InChI=1S/C13H15N3O2/c1-8(7-9-5-6-9)16-11-4-2-3-10(13(17)18)12(11)14-15-16/h2-4,8-9H,5-7H2,1H3,(H,17,18).